The number of ether oxygens (including phenoxy) is 2. The summed E-state index contributed by atoms with van der Waals surface area (Å²) in [5, 5.41) is 9.42. The fourth-order valence-corrected chi connectivity index (χ4v) is 2.67. The summed E-state index contributed by atoms with van der Waals surface area (Å²) in [4.78, 5) is 24.7. The van der Waals surface area contributed by atoms with Crippen LogP contribution in [0.1, 0.15) is 12.0 Å². The molecule has 1 aliphatic heterocycles. The number of hydrazone groups is 1. The molecule has 0 saturated heterocycles. The van der Waals surface area contributed by atoms with Gasteiger partial charge in [0, 0.05) is 13.5 Å². The Morgan fingerprint density at radius 2 is 2.00 bits per heavy atom. The average molecular weight is 378 g/mol. The minimum Gasteiger partial charge on any atom is -0.468 e. The van der Waals surface area contributed by atoms with Gasteiger partial charge in [0.25, 0.3) is 5.91 Å². The molecule has 1 aromatic carbocycles. The third-order valence-corrected chi connectivity index (χ3v) is 3.96. The molecule has 1 aliphatic rings. The van der Waals surface area contributed by atoms with Crippen LogP contribution in [0.2, 0.25) is 0 Å². The molecule has 1 amide bonds. The molecule has 0 aliphatic carbocycles. The van der Waals surface area contributed by atoms with E-state index in [1.807, 2.05) is 0 Å². The first kappa shape index (κ1) is 18.5. The third-order valence-electron chi connectivity index (χ3n) is 3.96. The Morgan fingerprint density at radius 1 is 1.30 bits per heavy atom. The van der Waals surface area contributed by atoms with Crippen LogP contribution in [0, 0.1) is 5.92 Å². The van der Waals surface area contributed by atoms with Gasteiger partial charge in [-0.15, -0.1) is 0 Å². The minimum atomic E-state index is -2.93. The lowest BCUT2D eigenvalue weighted by Gasteiger charge is -2.27. The minimum absolute atomic E-state index is 0.00475. The number of esters is 1. The second-order valence-electron chi connectivity index (χ2n) is 5.75. The number of nitrogens with zero attached hydrogens (tertiary/aromatic N) is 4. The van der Waals surface area contributed by atoms with Gasteiger partial charge in [0.1, 0.15) is 17.4 Å². The van der Waals surface area contributed by atoms with Crippen LogP contribution in [0.5, 0.6) is 5.75 Å². The van der Waals surface area contributed by atoms with Crippen molar-refractivity contribution in [2.24, 2.45) is 18.1 Å². The van der Waals surface area contributed by atoms with E-state index < -0.39 is 24.4 Å². The van der Waals surface area contributed by atoms with Crippen molar-refractivity contribution >= 4 is 23.3 Å². The van der Waals surface area contributed by atoms with Gasteiger partial charge >= 0.3 is 12.6 Å². The summed E-state index contributed by atoms with van der Waals surface area (Å²) >= 11 is 0. The zero-order chi connectivity index (χ0) is 19.6. The van der Waals surface area contributed by atoms with Crippen LogP contribution in [0.25, 0.3) is 0 Å². The highest BCUT2D eigenvalue weighted by Gasteiger charge is 2.38. The SMILES string of the molecule is COC(=O)C1CC(c2ccc(OC(F)F)cc2)=NN(c2cnn(C)c2)C1=O. The number of rotatable bonds is 5. The molecule has 0 bridgehead atoms. The van der Waals surface area contributed by atoms with Gasteiger partial charge in [-0.3, -0.25) is 14.3 Å². The predicted molar refractivity (Wildman–Crippen MR) is 90.4 cm³/mol. The maximum Gasteiger partial charge on any atom is 0.387 e. The van der Waals surface area contributed by atoms with Crippen molar-refractivity contribution in [3.8, 4) is 5.75 Å². The lowest BCUT2D eigenvalue weighted by Crippen LogP contribution is -2.42. The van der Waals surface area contributed by atoms with E-state index in [-0.39, 0.29) is 12.2 Å². The molecule has 0 spiro atoms. The van der Waals surface area contributed by atoms with E-state index in [4.69, 9.17) is 4.74 Å². The predicted octanol–water partition coefficient (Wildman–Crippen LogP) is 1.95. The van der Waals surface area contributed by atoms with Crippen molar-refractivity contribution < 1.29 is 27.8 Å². The van der Waals surface area contributed by atoms with Gasteiger partial charge in [0.15, 0.2) is 0 Å². The fraction of sp³-hybridized carbons (Fsp3) is 0.294. The van der Waals surface area contributed by atoms with Gasteiger partial charge < -0.3 is 9.47 Å². The molecular formula is C17H16F2N4O4. The van der Waals surface area contributed by atoms with Gasteiger partial charge in [-0.2, -0.15) is 24.0 Å². The van der Waals surface area contributed by atoms with Gasteiger partial charge in [-0.05, 0) is 29.8 Å². The number of anilines is 1. The summed E-state index contributed by atoms with van der Waals surface area (Å²) in [7, 11) is 2.88. The van der Waals surface area contributed by atoms with E-state index in [1.54, 1.807) is 13.2 Å². The molecule has 0 saturated carbocycles. The molecule has 3 rings (SSSR count). The number of aryl methyl sites for hydroxylation is 1. The zero-order valence-corrected chi connectivity index (χ0v) is 14.5. The summed E-state index contributed by atoms with van der Waals surface area (Å²) in [6.45, 7) is -2.93. The molecule has 0 radical (unpaired) electrons. The van der Waals surface area contributed by atoms with Crippen molar-refractivity contribution in [1.29, 1.82) is 0 Å². The van der Waals surface area contributed by atoms with E-state index in [9.17, 15) is 18.4 Å². The molecule has 10 heteroatoms. The number of hydrogen-bond donors (Lipinski definition) is 0. The van der Waals surface area contributed by atoms with E-state index in [0.717, 1.165) is 5.01 Å². The van der Waals surface area contributed by atoms with E-state index in [2.05, 4.69) is 14.9 Å². The zero-order valence-electron chi connectivity index (χ0n) is 14.5. The molecule has 142 valence electrons. The molecule has 2 aromatic rings. The molecule has 1 aromatic heterocycles. The standard InChI is InChI=1S/C17H16F2N4O4/c1-22-9-11(8-20-22)23-15(24)13(16(25)26-2)7-14(21-23)10-3-5-12(6-4-10)27-17(18)19/h3-6,8-9,13,17H,7H2,1-2H3. The first-order chi connectivity index (χ1) is 12.9. The normalized spacial score (nSPS) is 17.1. The quantitative estimate of drug-likeness (QED) is 0.586. The summed E-state index contributed by atoms with van der Waals surface area (Å²) in [5.41, 5.74) is 1.38. The third kappa shape index (κ3) is 3.94. The van der Waals surface area contributed by atoms with Crippen molar-refractivity contribution in [2.75, 3.05) is 12.1 Å². The maximum absolute atomic E-state index is 12.7. The van der Waals surface area contributed by atoms with Crippen molar-refractivity contribution in [3.63, 3.8) is 0 Å². The number of carbonyl (C=O) groups is 2. The fourth-order valence-electron chi connectivity index (χ4n) is 2.67. The molecular weight excluding hydrogens is 362 g/mol. The van der Waals surface area contributed by atoms with E-state index >= 15 is 0 Å². The Morgan fingerprint density at radius 3 is 2.56 bits per heavy atom. The summed E-state index contributed by atoms with van der Waals surface area (Å²) < 4.78 is 35.1. The number of carbonyl (C=O) groups excluding carboxylic acids is 2. The van der Waals surface area contributed by atoms with Crippen LogP contribution in [0.4, 0.5) is 14.5 Å². The van der Waals surface area contributed by atoms with Crippen LogP contribution in [-0.4, -0.2) is 41.1 Å². The molecule has 27 heavy (non-hydrogen) atoms. The van der Waals surface area contributed by atoms with Crippen LogP contribution in [0.15, 0.2) is 41.8 Å². The van der Waals surface area contributed by atoms with Crippen molar-refractivity contribution in [1.82, 2.24) is 9.78 Å². The molecule has 2 heterocycles. The summed E-state index contributed by atoms with van der Waals surface area (Å²) in [5.74, 6) is -2.29. The van der Waals surface area contributed by atoms with Crippen molar-refractivity contribution in [2.45, 2.75) is 13.0 Å². The highest BCUT2D eigenvalue weighted by Crippen LogP contribution is 2.27. The highest BCUT2D eigenvalue weighted by atomic mass is 19.3. The monoisotopic (exact) mass is 378 g/mol. The number of aromatic nitrogens is 2. The molecule has 1 atom stereocenters. The number of methoxy groups -OCH3 is 1. The molecule has 0 fully saturated rings. The molecule has 8 nitrogen and oxygen atoms in total. The first-order valence-corrected chi connectivity index (χ1v) is 7.92. The smallest absolute Gasteiger partial charge is 0.387 e. The Bertz CT molecular complexity index is 879. The van der Waals surface area contributed by atoms with Crippen LogP contribution in [0.3, 0.4) is 0 Å². The first-order valence-electron chi connectivity index (χ1n) is 7.92. The van der Waals surface area contributed by atoms with Gasteiger partial charge in [0.05, 0.1) is 25.2 Å². The number of alkyl halides is 2. The second-order valence-corrected chi connectivity index (χ2v) is 5.75. The van der Waals surface area contributed by atoms with Crippen LogP contribution in [-0.2, 0) is 21.4 Å². The Hall–Kier alpha value is -3.30. The molecule has 1 unspecified atom stereocenters. The number of halogens is 2. The van der Waals surface area contributed by atoms with Gasteiger partial charge in [0.2, 0.25) is 0 Å². The lowest BCUT2D eigenvalue weighted by atomic mass is 9.95. The van der Waals surface area contributed by atoms with E-state index in [0.29, 0.717) is 17.0 Å². The highest BCUT2D eigenvalue weighted by molar-refractivity contribution is 6.15. The largest absolute Gasteiger partial charge is 0.468 e. The van der Waals surface area contributed by atoms with Crippen LogP contribution >= 0.6 is 0 Å². The van der Waals surface area contributed by atoms with E-state index in [1.165, 1.54) is 42.3 Å². The topological polar surface area (TPSA) is 86.0 Å². The maximum atomic E-state index is 12.7. The number of amides is 1. The van der Waals surface area contributed by atoms with Gasteiger partial charge in [-0.25, -0.2) is 0 Å². The van der Waals surface area contributed by atoms with Crippen molar-refractivity contribution in [3.05, 3.63) is 42.2 Å². The Kier molecular flexibility index (Phi) is 5.15. The molecule has 0 N–H and O–H groups in total. The number of hydrogen-bond acceptors (Lipinski definition) is 6. The van der Waals surface area contributed by atoms with Crippen LogP contribution < -0.4 is 9.75 Å². The second kappa shape index (κ2) is 7.52. The Balaban J connectivity index is 1.96. The average Bonchev–Trinajstić information content (AvgIpc) is 3.07. The Labute approximate surface area is 153 Å². The summed E-state index contributed by atoms with van der Waals surface area (Å²) in [6, 6.07) is 5.79. The number of benzene rings is 1. The lowest BCUT2D eigenvalue weighted by molar-refractivity contribution is -0.149. The summed E-state index contributed by atoms with van der Waals surface area (Å²) in [6.07, 6.45) is 3.05. The van der Waals surface area contributed by atoms with Gasteiger partial charge in [-0.1, -0.05) is 0 Å².